The van der Waals surface area contributed by atoms with E-state index in [9.17, 15) is 4.79 Å². The van der Waals surface area contributed by atoms with Crippen LogP contribution in [0.1, 0.15) is 21.5 Å². The minimum Gasteiger partial charge on any atom is -0.293 e. The number of benzene rings is 1. The van der Waals surface area contributed by atoms with Crippen LogP contribution in [0.4, 0.5) is 0 Å². The highest BCUT2D eigenvalue weighted by molar-refractivity contribution is 7.99. The second kappa shape index (κ2) is 8.13. The first kappa shape index (κ1) is 19.9. The maximum Gasteiger partial charge on any atom is 0.188 e. The maximum absolute atomic E-state index is 12.5. The third kappa shape index (κ3) is 3.84. The average Bonchev–Trinajstić information content (AvgIpc) is 3.20. The number of ketones is 1. The molecule has 0 amide bonds. The van der Waals surface area contributed by atoms with E-state index in [4.69, 9.17) is 23.2 Å². The minimum atomic E-state index is -0.0795. The molecule has 0 atom stereocenters. The van der Waals surface area contributed by atoms with Crippen LogP contribution in [0, 0.1) is 13.8 Å². The van der Waals surface area contributed by atoms with Gasteiger partial charge in [-0.3, -0.25) is 4.79 Å². The molecule has 4 aromatic rings. The number of fused-ring (bicyclic) bond motifs is 1. The molecule has 0 N–H and O–H groups in total. The van der Waals surface area contributed by atoms with Crippen molar-refractivity contribution < 1.29 is 4.79 Å². The normalized spacial score (nSPS) is 11.3. The minimum absolute atomic E-state index is 0.0795. The van der Waals surface area contributed by atoms with Crippen molar-refractivity contribution in [1.82, 2.24) is 9.97 Å². The molecule has 0 bridgehead atoms. The van der Waals surface area contributed by atoms with Gasteiger partial charge >= 0.3 is 0 Å². The molecule has 0 unspecified atom stereocenters. The Morgan fingerprint density at radius 3 is 2.79 bits per heavy atom. The average molecular weight is 465 g/mol. The first-order valence-electron chi connectivity index (χ1n) is 8.35. The van der Waals surface area contributed by atoms with Gasteiger partial charge in [-0.2, -0.15) is 0 Å². The van der Waals surface area contributed by atoms with Gasteiger partial charge in [0.1, 0.15) is 0 Å². The van der Waals surface area contributed by atoms with Gasteiger partial charge in [0, 0.05) is 22.2 Å². The quantitative estimate of drug-likeness (QED) is 0.176. The molecule has 0 spiro atoms. The number of hydrogen-bond acceptors (Lipinski definition) is 6. The van der Waals surface area contributed by atoms with Crippen LogP contribution in [0.3, 0.4) is 0 Å². The Balaban J connectivity index is 1.55. The molecular formula is C20H14Cl2N2OS3. The van der Waals surface area contributed by atoms with Crippen LogP contribution in [0.5, 0.6) is 0 Å². The summed E-state index contributed by atoms with van der Waals surface area (Å²) in [4.78, 5) is 22.6. The number of thiophene rings is 2. The SMILES string of the molecule is Cc1csc2sc(-c3ccnc(SCC(=O)c4ccc(Cl)cc4Cl)n3)c(C)c12. The molecule has 3 nitrogen and oxygen atoms in total. The standard InChI is InChI=1S/C20H14Cl2N2OS3/c1-10-8-26-19-17(10)11(2)18(28-19)15-5-6-23-20(24-15)27-9-16(25)13-4-3-12(21)7-14(13)22/h3-8H,9H2,1-2H3. The molecule has 0 saturated heterocycles. The van der Waals surface area contributed by atoms with E-state index in [1.54, 1.807) is 47.1 Å². The Morgan fingerprint density at radius 2 is 2.04 bits per heavy atom. The Bertz CT molecular complexity index is 1200. The molecule has 28 heavy (non-hydrogen) atoms. The van der Waals surface area contributed by atoms with Crippen molar-refractivity contribution >= 4 is 72.8 Å². The van der Waals surface area contributed by atoms with Crippen molar-refractivity contribution in [2.75, 3.05) is 5.75 Å². The van der Waals surface area contributed by atoms with Gasteiger partial charge in [0.2, 0.25) is 0 Å². The maximum atomic E-state index is 12.5. The third-order valence-electron chi connectivity index (χ3n) is 4.28. The molecule has 142 valence electrons. The van der Waals surface area contributed by atoms with Crippen LogP contribution in [-0.4, -0.2) is 21.5 Å². The Hall–Kier alpha value is -1.44. The van der Waals surface area contributed by atoms with E-state index in [1.165, 1.54) is 32.3 Å². The molecule has 3 heterocycles. The van der Waals surface area contributed by atoms with Gasteiger partial charge in [-0.05, 0) is 54.6 Å². The Morgan fingerprint density at radius 1 is 1.21 bits per heavy atom. The van der Waals surface area contributed by atoms with Gasteiger partial charge in [-0.15, -0.1) is 22.7 Å². The van der Waals surface area contributed by atoms with Crippen LogP contribution < -0.4 is 0 Å². The number of Topliss-reactive ketones (excluding diaryl/α,β-unsaturated/α-hetero) is 1. The highest BCUT2D eigenvalue weighted by Gasteiger charge is 2.16. The van der Waals surface area contributed by atoms with E-state index in [0.717, 1.165) is 10.6 Å². The van der Waals surface area contributed by atoms with Crippen LogP contribution in [0.25, 0.3) is 20.0 Å². The van der Waals surface area contributed by atoms with Crippen molar-refractivity contribution in [1.29, 1.82) is 0 Å². The van der Waals surface area contributed by atoms with E-state index in [1.807, 2.05) is 6.07 Å². The van der Waals surface area contributed by atoms with Gasteiger partial charge in [0.25, 0.3) is 0 Å². The number of aromatic nitrogens is 2. The largest absolute Gasteiger partial charge is 0.293 e. The zero-order valence-electron chi connectivity index (χ0n) is 15.0. The molecule has 0 fully saturated rings. The summed E-state index contributed by atoms with van der Waals surface area (Å²) in [6.07, 6.45) is 1.74. The summed E-state index contributed by atoms with van der Waals surface area (Å²) in [5.74, 6) is 0.131. The number of carbonyl (C=O) groups is 1. The molecule has 0 aliphatic heterocycles. The van der Waals surface area contributed by atoms with Gasteiger partial charge in [-0.25, -0.2) is 9.97 Å². The van der Waals surface area contributed by atoms with Gasteiger partial charge in [-0.1, -0.05) is 35.0 Å². The van der Waals surface area contributed by atoms with Gasteiger partial charge in [0.15, 0.2) is 10.9 Å². The molecule has 0 radical (unpaired) electrons. The highest BCUT2D eigenvalue weighted by Crippen LogP contribution is 2.42. The summed E-state index contributed by atoms with van der Waals surface area (Å²) in [6.45, 7) is 4.27. The summed E-state index contributed by atoms with van der Waals surface area (Å²) in [7, 11) is 0. The highest BCUT2D eigenvalue weighted by atomic mass is 35.5. The van der Waals surface area contributed by atoms with E-state index in [2.05, 4.69) is 29.2 Å². The fraction of sp³-hybridized carbons (Fsp3) is 0.150. The van der Waals surface area contributed by atoms with Crippen LogP contribution >= 0.6 is 57.6 Å². The number of hydrogen-bond donors (Lipinski definition) is 0. The zero-order valence-corrected chi connectivity index (χ0v) is 18.9. The number of rotatable bonds is 5. The first-order valence-corrected chi connectivity index (χ1v) is 11.8. The van der Waals surface area contributed by atoms with E-state index >= 15 is 0 Å². The van der Waals surface area contributed by atoms with Crippen molar-refractivity contribution in [2.45, 2.75) is 19.0 Å². The monoisotopic (exact) mass is 464 g/mol. The lowest BCUT2D eigenvalue weighted by Gasteiger charge is -2.05. The fourth-order valence-electron chi connectivity index (χ4n) is 2.93. The van der Waals surface area contributed by atoms with Gasteiger partial charge in [0.05, 0.1) is 25.4 Å². The molecular weight excluding hydrogens is 451 g/mol. The number of aryl methyl sites for hydroxylation is 2. The van der Waals surface area contributed by atoms with Gasteiger partial charge < -0.3 is 0 Å². The number of halogens is 2. The van der Waals surface area contributed by atoms with E-state index < -0.39 is 0 Å². The number of carbonyl (C=O) groups excluding carboxylic acids is 1. The molecule has 0 aliphatic rings. The summed E-state index contributed by atoms with van der Waals surface area (Å²) in [6, 6.07) is 6.80. The van der Waals surface area contributed by atoms with Crippen molar-refractivity contribution in [3.8, 4) is 10.6 Å². The van der Waals surface area contributed by atoms with Crippen molar-refractivity contribution in [3.05, 3.63) is 62.6 Å². The smallest absolute Gasteiger partial charge is 0.188 e. The Kier molecular flexibility index (Phi) is 5.76. The third-order valence-corrected chi connectivity index (χ3v) is 8.23. The zero-order chi connectivity index (χ0) is 19.8. The second-order valence-electron chi connectivity index (χ2n) is 6.20. The number of thioether (sulfide) groups is 1. The summed E-state index contributed by atoms with van der Waals surface area (Å²) >= 11 is 16.8. The topological polar surface area (TPSA) is 42.9 Å². The molecule has 8 heteroatoms. The lowest BCUT2D eigenvalue weighted by atomic mass is 10.1. The van der Waals surface area contributed by atoms with Crippen LogP contribution in [-0.2, 0) is 0 Å². The van der Waals surface area contributed by atoms with E-state index in [0.29, 0.717) is 20.8 Å². The van der Waals surface area contributed by atoms with Crippen molar-refractivity contribution in [3.63, 3.8) is 0 Å². The van der Waals surface area contributed by atoms with Crippen LogP contribution in [0.2, 0.25) is 10.0 Å². The number of nitrogens with zero attached hydrogens (tertiary/aromatic N) is 2. The Labute approximate surface area is 184 Å². The predicted octanol–water partition coefficient (Wildman–Crippen LogP) is 7.32. The first-order chi connectivity index (χ1) is 13.4. The lowest BCUT2D eigenvalue weighted by molar-refractivity contribution is 0.102. The summed E-state index contributed by atoms with van der Waals surface area (Å²) in [5.41, 5.74) is 3.89. The molecule has 4 rings (SSSR count). The molecule has 0 aliphatic carbocycles. The summed E-state index contributed by atoms with van der Waals surface area (Å²) in [5, 5.41) is 4.95. The predicted molar refractivity (Wildman–Crippen MR) is 122 cm³/mol. The lowest BCUT2D eigenvalue weighted by Crippen LogP contribution is -2.04. The molecule has 3 aromatic heterocycles. The van der Waals surface area contributed by atoms with Crippen molar-refractivity contribution in [2.24, 2.45) is 0 Å². The molecule has 1 aromatic carbocycles. The van der Waals surface area contributed by atoms with E-state index in [-0.39, 0.29) is 11.5 Å². The van der Waals surface area contributed by atoms with Crippen LogP contribution in [0.15, 0.2) is 41.0 Å². The fourth-order valence-corrected chi connectivity index (χ4v) is 6.66. The molecule has 0 saturated carbocycles. The second-order valence-corrected chi connectivity index (χ2v) is 10.1. The summed E-state index contributed by atoms with van der Waals surface area (Å²) < 4.78 is 1.31.